The number of aliphatic hydroxyl groups excluding tert-OH is 1. The average Bonchev–Trinajstić information content (AvgIpc) is 1.67. The van der Waals surface area contributed by atoms with Gasteiger partial charge in [0.25, 0.3) is 0 Å². The lowest BCUT2D eigenvalue weighted by Crippen LogP contribution is -2.30. The molecule has 0 aliphatic rings. The van der Waals surface area contributed by atoms with Gasteiger partial charge >= 0.3 is 39.5 Å². The van der Waals surface area contributed by atoms with Gasteiger partial charge in [-0.05, 0) is 141 Å². The van der Waals surface area contributed by atoms with Gasteiger partial charge in [-0.1, -0.05) is 227 Å². The van der Waals surface area contributed by atoms with Crippen molar-refractivity contribution in [1.82, 2.24) is 0 Å². The largest absolute Gasteiger partial charge is 0.472 e. The fourth-order valence-corrected chi connectivity index (χ4v) is 10.7. The predicted octanol–water partition coefficient (Wildman–Crippen LogP) is 20.2. The van der Waals surface area contributed by atoms with Crippen molar-refractivity contribution in [2.45, 2.75) is 303 Å². The molecule has 540 valence electrons. The van der Waals surface area contributed by atoms with E-state index in [-0.39, 0.29) is 25.7 Å². The Morgan fingerprint density at radius 2 is 0.574 bits per heavy atom. The molecule has 0 saturated heterocycles. The average molecular weight is 1360 g/mol. The second-order valence-electron chi connectivity index (χ2n) is 23.8. The van der Waals surface area contributed by atoms with Crippen molar-refractivity contribution in [1.29, 1.82) is 0 Å². The summed E-state index contributed by atoms with van der Waals surface area (Å²) in [7, 11) is -9.96. The van der Waals surface area contributed by atoms with Crippen LogP contribution in [0.25, 0.3) is 0 Å². The molecule has 19 heteroatoms. The van der Waals surface area contributed by atoms with Crippen LogP contribution in [0.4, 0.5) is 0 Å². The summed E-state index contributed by atoms with van der Waals surface area (Å²) < 4.78 is 68.2. The van der Waals surface area contributed by atoms with Crippen LogP contribution in [0.5, 0.6) is 0 Å². The Bertz CT molecular complexity index is 2220. The van der Waals surface area contributed by atoms with Crippen LogP contribution in [0, 0.1) is 0 Å². The molecule has 17 nitrogen and oxygen atoms in total. The van der Waals surface area contributed by atoms with Gasteiger partial charge in [0.2, 0.25) is 0 Å². The van der Waals surface area contributed by atoms with Crippen LogP contribution in [-0.4, -0.2) is 96.7 Å². The third-order valence-electron chi connectivity index (χ3n) is 14.7. The van der Waals surface area contributed by atoms with Crippen LogP contribution >= 0.6 is 15.6 Å². The SMILES string of the molecule is CC/C=C\C/C=C\C/C=C\C/C=C\CCCCC(=O)OCC(COP(=O)(O)OCC(O)COP(=O)(O)OCC(COC(=O)CCCCCCC/C=C\C/C=C\CCC)OC(=O)CCCCCCC/C=C\CCCCCC)OC(=O)CCCCCCC/C=C\C/C=C\CCC. The first-order chi connectivity index (χ1) is 45.7. The van der Waals surface area contributed by atoms with Gasteiger partial charge in [0.05, 0.1) is 26.4 Å². The molecular formula is C75H128O17P2. The minimum atomic E-state index is -4.98. The Kier molecular flexibility index (Phi) is 64.2. The van der Waals surface area contributed by atoms with Gasteiger partial charge in [0.15, 0.2) is 12.2 Å². The van der Waals surface area contributed by atoms with E-state index in [0.29, 0.717) is 25.7 Å². The molecular weight excluding hydrogens is 1230 g/mol. The van der Waals surface area contributed by atoms with E-state index in [4.69, 9.17) is 37.0 Å². The molecule has 0 amide bonds. The van der Waals surface area contributed by atoms with Gasteiger partial charge in [-0.15, -0.1) is 0 Å². The molecule has 0 aromatic rings. The van der Waals surface area contributed by atoms with E-state index in [2.05, 4.69) is 137 Å². The number of hydrogen-bond acceptors (Lipinski definition) is 15. The molecule has 0 saturated carbocycles. The summed E-state index contributed by atoms with van der Waals surface area (Å²) in [5.74, 6) is -2.26. The number of carbonyl (C=O) groups is 4. The molecule has 0 fully saturated rings. The standard InChI is InChI=1S/C75H128O17P2/c1-5-9-13-17-21-25-29-33-34-38-40-44-48-52-56-60-73(78)86-66-71(92-75(80)62-58-54-50-46-42-37-32-28-24-20-16-12-8-4)68-90-94(83,84)88-64-69(76)63-87-93(81,82)89-67-70(91-74(79)61-57-53-49-45-41-36-31-27-23-19-15-11-7-3)65-85-72(77)59-55-51-47-43-39-35-30-26-22-18-14-10-6-2/h9,13-14,16,18,20-21,25-28,30-34,40,44,69-71,76H,5-8,10-12,15,17,19,22-24,29,35-39,41-43,45-68H2,1-4H3,(H,81,82)(H,83,84)/b13-9-,18-14-,20-16-,25-21-,30-26-,31-27-,32-28-,34-33-,44-40-. The molecule has 94 heavy (non-hydrogen) atoms. The molecule has 0 aromatic heterocycles. The number of phosphoric acid groups is 2. The number of rotatable bonds is 67. The maximum atomic E-state index is 13.0. The van der Waals surface area contributed by atoms with Crippen molar-refractivity contribution >= 4 is 39.5 Å². The fourth-order valence-electron chi connectivity index (χ4n) is 9.16. The third kappa shape index (κ3) is 66.3. The summed E-state index contributed by atoms with van der Waals surface area (Å²) in [6, 6.07) is 0. The van der Waals surface area contributed by atoms with E-state index in [0.717, 1.165) is 180 Å². The highest BCUT2D eigenvalue weighted by Crippen LogP contribution is 2.45. The van der Waals surface area contributed by atoms with Crippen LogP contribution in [0.3, 0.4) is 0 Å². The molecule has 0 aromatic carbocycles. The van der Waals surface area contributed by atoms with Gasteiger partial charge in [0, 0.05) is 25.7 Å². The Morgan fingerprint density at radius 1 is 0.309 bits per heavy atom. The summed E-state index contributed by atoms with van der Waals surface area (Å²) in [6.07, 6.45) is 69.6. The van der Waals surface area contributed by atoms with Gasteiger partial charge in [0.1, 0.15) is 19.3 Å². The quantitative estimate of drug-likeness (QED) is 0.0169. The Balaban J connectivity index is 5.39. The molecule has 0 heterocycles. The first kappa shape index (κ1) is 89.7. The van der Waals surface area contributed by atoms with E-state index in [1.807, 2.05) is 0 Å². The highest BCUT2D eigenvalue weighted by Gasteiger charge is 2.30. The maximum Gasteiger partial charge on any atom is 0.472 e. The highest BCUT2D eigenvalue weighted by molar-refractivity contribution is 7.47. The van der Waals surface area contributed by atoms with E-state index in [9.17, 15) is 43.2 Å². The smallest absolute Gasteiger partial charge is 0.462 e. The van der Waals surface area contributed by atoms with Crippen molar-refractivity contribution < 1.29 is 80.2 Å². The fraction of sp³-hybridized carbons (Fsp3) is 0.707. The summed E-state index contributed by atoms with van der Waals surface area (Å²) in [4.78, 5) is 72.6. The second-order valence-corrected chi connectivity index (χ2v) is 26.7. The molecule has 0 bridgehead atoms. The zero-order valence-electron chi connectivity index (χ0n) is 58.6. The molecule has 0 radical (unpaired) electrons. The highest BCUT2D eigenvalue weighted by atomic mass is 31.2. The Hall–Kier alpha value is -4.28. The van der Waals surface area contributed by atoms with Crippen LogP contribution in [-0.2, 0) is 65.4 Å². The molecule has 0 aliphatic heterocycles. The number of hydrogen-bond donors (Lipinski definition) is 3. The van der Waals surface area contributed by atoms with E-state index in [1.54, 1.807) is 0 Å². The van der Waals surface area contributed by atoms with E-state index >= 15 is 0 Å². The van der Waals surface area contributed by atoms with Crippen molar-refractivity contribution in [3.8, 4) is 0 Å². The zero-order chi connectivity index (χ0) is 69.0. The predicted molar refractivity (Wildman–Crippen MR) is 381 cm³/mol. The number of allylic oxidation sites excluding steroid dienone is 18. The molecule has 0 spiro atoms. The minimum absolute atomic E-state index is 0.0676. The number of phosphoric ester groups is 2. The van der Waals surface area contributed by atoms with Crippen molar-refractivity contribution in [2.24, 2.45) is 0 Å². The van der Waals surface area contributed by atoms with Crippen LogP contribution in [0.2, 0.25) is 0 Å². The monoisotopic (exact) mass is 1360 g/mol. The summed E-state index contributed by atoms with van der Waals surface area (Å²) in [5, 5.41) is 10.6. The first-order valence-electron chi connectivity index (χ1n) is 36.1. The topological polar surface area (TPSA) is 237 Å². The summed E-state index contributed by atoms with van der Waals surface area (Å²) in [6.45, 7) is 4.51. The molecule has 0 aliphatic carbocycles. The Morgan fingerprint density at radius 3 is 0.926 bits per heavy atom. The molecule has 5 unspecified atom stereocenters. The molecule has 5 atom stereocenters. The van der Waals surface area contributed by atoms with Crippen molar-refractivity contribution in [2.75, 3.05) is 39.6 Å². The van der Waals surface area contributed by atoms with Gasteiger partial charge in [-0.2, -0.15) is 0 Å². The molecule has 3 N–H and O–H groups in total. The van der Waals surface area contributed by atoms with Gasteiger partial charge in [-0.3, -0.25) is 37.3 Å². The third-order valence-corrected chi connectivity index (χ3v) is 16.6. The molecule has 0 rings (SSSR count). The summed E-state index contributed by atoms with van der Waals surface area (Å²) in [5.41, 5.74) is 0. The summed E-state index contributed by atoms with van der Waals surface area (Å²) >= 11 is 0. The van der Waals surface area contributed by atoms with Crippen LogP contribution < -0.4 is 0 Å². The number of carbonyl (C=O) groups excluding carboxylic acids is 4. The van der Waals surface area contributed by atoms with Gasteiger partial charge < -0.3 is 33.8 Å². The lowest BCUT2D eigenvalue weighted by molar-refractivity contribution is -0.161. The minimum Gasteiger partial charge on any atom is -0.462 e. The zero-order valence-corrected chi connectivity index (χ0v) is 60.4. The number of ether oxygens (including phenoxy) is 4. The normalized spacial score (nSPS) is 14.7. The van der Waals surface area contributed by atoms with E-state index in [1.165, 1.54) is 25.7 Å². The lowest BCUT2D eigenvalue weighted by Gasteiger charge is -2.21. The van der Waals surface area contributed by atoms with Crippen LogP contribution in [0.1, 0.15) is 285 Å². The number of unbranched alkanes of at least 4 members (excludes halogenated alkanes) is 23. The maximum absolute atomic E-state index is 13.0. The van der Waals surface area contributed by atoms with E-state index < -0.39 is 97.5 Å². The van der Waals surface area contributed by atoms with Gasteiger partial charge in [-0.25, -0.2) is 9.13 Å². The van der Waals surface area contributed by atoms with Crippen LogP contribution in [0.15, 0.2) is 109 Å². The second kappa shape index (κ2) is 67.3. The Labute approximate surface area is 569 Å². The number of aliphatic hydroxyl groups is 1. The van der Waals surface area contributed by atoms with Crippen molar-refractivity contribution in [3.05, 3.63) is 109 Å². The number of esters is 4. The first-order valence-corrected chi connectivity index (χ1v) is 39.1. The lowest BCUT2D eigenvalue weighted by atomic mass is 10.1. The van der Waals surface area contributed by atoms with Crippen molar-refractivity contribution in [3.63, 3.8) is 0 Å².